The molecule has 4 rings (SSSR count). The van der Waals surface area contributed by atoms with Gasteiger partial charge in [0.1, 0.15) is 5.75 Å². The number of methoxy groups -OCH3 is 3. The number of nitrogens with one attached hydrogen (secondary N) is 3. The molecule has 0 fully saturated rings. The summed E-state index contributed by atoms with van der Waals surface area (Å²) in [6.45, 7) is 0. The number of fused-ring (bicyclic) bond motifs is 1. The van der Waals surface area contributed by atoms with Gasteiger partial charge in [0.2, 0.25) is 0 Å². The number of nitriles is 1. The van der Waals surface area contributed by atoms with Gasteiger partial charge >= 0.3 is 18.2 Å². The van der Waals surface area contributed by atoms with E-state index in [4.69, 9.17) is 19.3 Å². The van der Waals surface area contributed by atoms with Crippen LogP contribution in [-0.2, 0) is 9.47 Å². The Bertz CT molecular complexity index is 1740. The first kappa shape index (κ1) is 27.9. The zero-order chi connectivity index (χ0) is 29.7. The smallest absolute Gasteiger partial charge is 0.411 e. The third-order valence-electron chi connectivity index (χ3n) is 5.80. The molecular formula is C27H21N5O9. The molecule has 0 unspecified atom stereocenters. The molecule has 0 aliphatic carbocycles. The van der Waals surface area contributed by atoms with Crippen LogP contribution in [-0.4, -0.2) is 55.7 Å². The van der Waals surface area contributed by atoms with E-state index in [-0.39, 0.29) is 39.2 Å². The fraction of sp³-hybridized carbons (Fsp3) is 0.111. The van der Waals surface area contributed by atoms with Crippen LogP contribution in [0, 0.1) is 11.3 Å². The molecule has 0 aliphatic heterocycles. The maximum atomic E-state index is 13.2. The molecule has 0 atom stereocenters. The molecule has 4 N–H and O–H groups in total. The van der Waals surface area contributed by atoms with Gasteiger partial charge in [-0.2, -0.15) is 5.26 Å². The molecule has 3 aromatic carbocycles. The Labute approximate surface area is 231 Å². The summed E-state index contributed by atoms with van der Waals surface area (Å²) >= 11 is 0. The van der Waals surface area contributed by atoms with Gasteiger partial charge in [0.05, 0.1) is 55.3 Å². The van der Waals surface area contributed by atoms with E-state index in [2.05, 4.69) is 25.8 Å². The van der Waals surface area contributed by atoms with Crippen molar-refractivity contribution >= 4 is 52.1 Å². The molecule has 41 heavy (non-hydrogen) atoms. The molecule has 208 valence electrons. The van der Waals surface area contributed by atoms with Crippen molar-refractivity contribution in [3.8, 4) is 22.9 Å². The van der Waals surface area contributed by atoms with E-state index in [0.29, 0.717) is 22.6 Å². The molecule has 14 nitrogen and oxygen atoms in total. The largest absolute Gasteiger partial charge is 0.496 e. The Morgan fingerprint density at radius 3 is 2.27 bits per heavy atom. The van der Waals surface area contributed by atoms with Gasteiger partial charge in [-0.25, -0.2) is 14.4 Å². The number of benzene rings is 3. The molecule has 1 aromatic heterocycles. The number of hydrogen-bond acceptors (Lipinski definition) is 10. The van der Waals surface area contributed by atoms with E-state index in [1.165, 1.54) is 45.6 Å². The van der Waals surface area contributed by atoms with Crippen molar-refractivity contribution < 1.29 is 43.0 Å². The number of carboxylic acids is 1. The highest BCUT2D eigenvalue weighted by molar-refractivity contribution is 6.14. The van der Waals surface area contributed by atoms with Crippen LogP contribution in [0.25, 0.3) is 22.1 Å². The Morgan fingerprint density at radius 1 is 0.878 bits per heavy atom. The molecule has 3 amide bonds. The minimum absolute atomic E-state index is 0.0647. The topological polar surface area (TPSA) is 202 Å². The maximum absolute atomic E-state index is 13.2. The summed E-state index contributed by atoms with van der Waals surface area (Å²) in [6, 6.07) is 13.2. The Kier molecular flexibility index (Phi) is 8.00. The fourth-order valence-electron chi connectivity index (χ4n) is 3.88. The van der Waals surface area contributed by atoms with Crippen LogP contribution < -0.4 is 20.7 Å². The highest BCUT2D eigenvalue weighted by atomic mass is 16.5. The number of hydrogen-bond donors (Lipinski definition) is 4. The van der Waals surface area contributed by atoms with Crippen LogP contribution in [0.4, 0.5) is 26.7 Å². The van der Waals surface area contributed by atoms with E-state index in [1.54, 1.807) is 18.2 Å². The molecule has 1 heterocycles. The summed E-state index contributed by atoms with van der Waals surface area (Å²) in [6.07, 6.45) is -1.51. The lowest BCUT2D eigenvalue weighted by molar-refractivity contribution is 0.0698. The second-order valence-corrected chi connectivity index (χ2v) is 8.20. The van der Waals surface area contributed by atoms with Crippen molar-refractivity contribution in [2.24, 2.45) is 0 Å². The highest BCUT2D eigenvalue weighted by Crippen LogP contribution is 2.40. The van der Waals surface area contributed by atoms with Crippen molar-refractivity contribution in [1.82, 2.24) is 5.16 Å². The number of ether oxygens (including phenoxy) is 3. The van der Waals surface area contributed by atoms with Crippen molar-refractivity contribution in [2.75, 3.05) is 37.3 Å². The van der Waals surface area contributed by atoms with Gasteiger partial charge in [-0.1, -0.05) is 5.16 Å². The lowest BCUT2D eigenvalue weighted by Crippen LogP contribution is -2.16. The highest BCUT2D eigenvalue weighted by Gasteiger charge is 2.23. The number of nitrogens with zero attached hydrogens (tertiary/aromatic N) is 2. The maximum Gasteiger partial charge on any atom is 0.411 e. The number of amides is 3. The van der Waals surface area contributed by atoms with E-state index in [9.17, 15) is 24.3 Å². The SMILES string of the molecule is COC(=O)Nc1ccc(OC)c(-c2cc3c(C(=O)Nc4ccc(C#N)cc4C(=O)O)noc3cc2NC(=O)OC)c1. The Balaban J connectivity index is 1.85. The van der Waals surface area contributed by atoms with Crippen LogP contribution in [0.3, 0.4) is 0 Å². The molecular weight excluding hydrogens is 538 g/mol. The lowest BCUT2D eigenvalue weighted by Gasteiger charge is -2.15. The first-order valence-corrected chi connectivity index (χ1v) is 11.6. The zero-order valence-corrected chi connectivity index (χ0v) is 21.7. The average molecular weight is 559 g/mol. The zero-order valence-electron chi connectivity index (χ0n) is 21.7. The van der Waals surface area contributed by atoms with E-state index >= 15 is 0 Å². The van der Waals surface area contributed by atoms with Gasteiger partial charge in [0.15, 0.2) is 11.3 Å². The van der Waals surface area contributed by atoms with E-state index in [1.807, 2.05) is 6.07 Å². The molecule has 0 saturated carbocycles. The molecule has 0 spiro atoms. The van der Waals surface area contributed by atoms with Gasteiger partial charge in [-0.3, -0.25) is 15.4 Å². The quantitative estimate of drug-likeness (QED) is 0.245. The minimum Gasteiger partial charge on any atom is -0.496 e. The summed E-state index contributed by atoms with van der Waals surface area (Å²) in [7, 11) is 3.82. The Morgan fingerprint density at radius 2 is 1.61 bits per heavy atom. The standard InChI is InChI=1S/C27H21N5O9/c1-38-21-7-5-14(29-26(36)39-2)9-16(21)15-10-18-22(11-20(15)31-27(37)40-3)41-32-23(18)24(33)30-19-6-4-13(12-28)8-17(19)25(34)35/h4-11H,1-3H3,(H,29,36)(H,30,33)(H,31,37)(H,34,35). The summed E-state index contributed by atoms with van der Waals surface area (Å²) in [5.74, 6) is -1.81. The molecule has 14 heteroatoms. The number of anilines is 3. The van der Waals surface area contributed by atoms with Gasteiger partial charge in [-0.15, -0.1) is 0 Å². The summed E-state index contributed by atoms with van der Waals surface area (Å²) < 4.78 is 20.2. The number of aromatic carboxylic acids is 1. The second kappa shape index (κ2) is 11.7. The lowest BCUT2D eigenvalue weighted by atomic mass is 9.99. The van der Waals surface area contributed by atoms with E-state index in [0.717, 1.165) is 6.07 Å². The number of carbonyl (C=O) groups excluding carboxylic acids is 3. The van der Waals surface area contributed by atoms with Crippen molar-refractivity contribution in [1.29, 1.82) is 5.26 Å². The molecule has 0 bridgehead atoms. The summed E-state index contributed by atoms with van der Waals surface area (Å²) in [5.41, 5.74) is 0.891. The van der Waals surface area contributed by atoms with Crippen LogP contribution in [0.5, 0.6) is 5.75 Å². The van der Waals surface area contributed by atoms with Crippen LogP contribution in [0.1, 0.15) is 26.4 Å². The van der Waals surface area contributed by atoms with E-state index < -0.39 is 24.1 Å². The summed E-state index contributed by atoms with van der Waals surface area (Å²) in [4.78, 5) is 48.9. The van der Waals surface area contributed by atoms with Gasteiger partial charge in [0, 0.05) is 22.9 Å². The average Bonchev–Trinajstić information content (AvgIpc) is 3.39. The van der Waals surface area contributed by atoms with Crippen molar-refractivity contribution in [3.63, 3.8) is 0 Å². The minimum atomic E-state index is -1.35. The number of aromatic nitrogens is 1. The number of carboxylic acid groups (broad SMARTS) is 1. The molecule has 4 aromatic rings. The normalized spacial score (nSPS) is 10.3. The predicted molar refractivity (Wildman–Crippen MR) is 144 cm³/mol. The van der Waals surface area contributed by atoms with Crippen LogP contribution in [0.2, 0.25) is 0 Å². The summed E-state index contributed by atoms with van der Waals surface area (Å²) in [5, 5.41) is 30.3. The third kappa shape index (κ3) is 5.83. The van der Waals surface area contributed by atoms with Crippen LogP contribution >= 0.6 is 0 Å². The Hall–Kier alpha value is -6.10. The van der Waals surface area contributed by atoms with Crippen molar-refractivity contribution in [2.45, 2.75) is 0 Å². The van der Waals surface area contributed by atoms with Gasteiger partial charge in [-0.05, 0) is 42.5 Å². The predicted octanol–water partition coefficient (Wildman–Crippen LogP) is 4.68. The number of rotatable bonds is 7. The van der Waals surface area contributed by atoms with Gasteiger partial charge in [0.25, 0.3) is 5.91 Å². The monoisotopic (exact) mass is 559 g/mol. The third-order valence-corrected chi connectivity index (χ3v) is 5.80. The molecule has 0 aliphatic rings. The molecule has 0 saturated heterocycles. The second-order valence-electron chi connectivity index (χ2n) is 8.20. The number of carbonyl (C=O) groups is 4. The first-order chi connectivity index (χ1) is 19.7. The fourth-order valence-corrected chi connectivity index (χ4v) is 3.88. The van der Waals surface area contributed by atoms with Crippen molar-refractivity contribution in [3.05, 3.63) is 65.4 Å². The molecule has 0 radical (unpaired) electrons. The van der Waals surface area contributed by atoms with Crippen LogP contribution in [0.15, 0.2) is 53.1 Å². The van der Waals surface area contributed by atoms with Gasteiger partial charge < -0.3 is 29.2 Å². The first-order valence-electron chi connectivity index (χ1n) is 11.6.